The van der Waals surface area contributed by atoms with Gasteiger partial charge in [0.25, 0.3) is 5.91 Å². The summed E-state index contributed by atoms with van der Waals surface area (Å²) in [5.74, 6) is 0.494. The van der Waals surface area contributed by atoms with Gasteiger partial charge in [0.15, 0.2) is 0 Å². The second-order valence-corrected chi connectivity index (χ2v) is 7.87. The van der Waals surface area contributed by atoms with Crippen molar-refractivity contribution in [3.8, 4) is 0 Å². The number of rotatable bonds is 1. The van der Waals surface area contributed by atoms with E-state index in [9.17, 15) is 4.79 Å². The predicted molar refractivity (Wildman–Crippen MR) is 86.3 cm³/mol. The second kappa shape index (κ2) is 5.32. The van der Waals surface area contributed by atoms with Gasteiger partial charge in [0.2, 0.25) is 0 Å². The zero-order chi connectivity index (χ0) is 15.8. The van der Waals surface area contributed by atoms with Crippen LogP contribution in [0.3, 0.4) is 0 Å². The minimum atomic E-state index is -0.117. The first-order valence-electron chi connectivity index (χ1n) is 7.66. The number of carbonyl (C=O) groups excluding carboxylic acids is 1. The van der Waals surface area contributed by atoms with Crippen LogP contribution >= 0.6 is 0 Å². The lowest BCUT2D eigenvalue weighted by molar-refractivity contribution is 0.0630. The third kappa shape index (κ3) is 3.74. The Kier molecular flexibility index (Phi) is 4.00. The summed E-state index contributed by atoms with van der Waals surface area (Å²) in [7, 11) is 0. The lowest BCUT2D eigenvalue weighted by Gasteiger charge is -2.37. The average Bonchev–Trinajstić information content (AvgIpc) is 2.36. The molecule has 2 heterocycles. The molecule has 2 rings (SSSR count). The Labute approximate surface area is 127 Å². The SMILES string of the molecule is CC1(C)CCN(C(=O)c2cc(N)nc(C(C)(C)C)c2)CC1. The van der Waals surface area contributed by atoms with Crippen molar-refractivity contribution < 1.29 is 4.79 Å². The summed E-state index contributed by atoms with van der Waals surface area (Å²) in [6, 6.07) is 3.58. The van der Waals surface area contributed by atoms with Crippen LogP contribution in [0.15, 0.2) is 12.1 Å². The minimum Gasteiger partial charge on any atom is -0.384 e. The van der Waals surface area contributed by atoms with Gasteiger partial charge in [0.05, 0.1) is 0 Å². The Bertz CT molecular complexity index is 533. The largest absolute Gasteiger partial charge is 0.384 e. The summed E-state index contributed by atoms with van der Waals surface area (Å²) < 4.78 is 0. The van der Waals surface area contributed by atoms with E-state index < -0.39 is 0 Å². The standard InChI is InChI=1S/C17H27N3O/c1-16(2,3)13-10-12(11-14(18)19-13)15(21)20-8-6-17(4,5)7-9-20/h10-11H,6-9H2,1-5H3,(H2,18,19). The number of aromatic nitrogens is 1. The number of anilines is 1. The Balaban J connectivity index is 2.22. The summed E-state index contributed by atoms with van der Waals surface area (Å²) in [5, 5.41) is 0. The normalized spacial score (nSPS) is 18.6. The van der Waals surface area contributed by atoms with Crippen molar-refractivity contribution in [1.29, 1.82) is 0 Å². The van der Waals surface area contributed by atoms with Crippen LogP contribution in [0.25, 0.3) is 0 Å². The number of likely N-dealkylation sites (tertiary alicyclic amines) is 1. The summed E-state index contributed by atoms with van der Waals surface area (Å²) in [5.41, 5.74) is 7.63. The van der Waals surface area contributed by atoms with Crippen LogP contribution in [0, 0.1) is 5.41 Å². The first kappa shape index (κ1) is 15.8. The first-order chi connectivity index (χ1) is 9.58. The number of amides is 1. The number of pyridine rings is 1. The molecule has 116 valence electrons. The molecule has 0 radical (unpaired) electrons. The highest BCUT2D eigenvalue weighted by atomic mass is 16.2. The maximum absolute atomic E-state index is 12.7. The van der Waals surface area contributed by atoms with Gasteiger partial charge in [-0.15, -0.1) is 0 Å². The fourth-order valence-corrected chi connectivity index (χ4v) is 2.56. The van der Waals surface area contributed by atoms with Gasteiger partial charge in [0.1, 0.15) is 5.82 Å². The maximum atomic E-state index is 12.7. The molecule has 1 fully saturated rings. The minimum absolute atomic E-state index is 0.0742. The number of nitrogen functional groups attached to an aromatic ring is 1. The summed E-state index contributed by atoms with van der Waals surface area (Å²) >= 11 is 0. The van der Waals surface area contributed by atoms with Crippen molar-refractivity contribution >= 4 is 11.7 Å². The quantitative estimate of drug-likeness (QED) is 0.863. The van der Waals surface area contributed by atoms with Crippen molar-refractivity contribution in [2.24, 2.45) is 5.41 Å². The molecular formula is C17H27N3O. The highest BCUT2D eigenvalue weighted by molar-refractivity contribution is 5.95. The zero-order valence-corrected chi connectivity index (χ0v) is 13.9. The van der Waals surface area contributed by atoms with Crippen LogP contribution in [0.1, 0.15) is 63.5 Å². The number of hydrogen-bond donors (Lipinski definition) is 1. The van der Waals surface area contributed by atoms with E-state index >= 15 is 0 Å². The van der Waals surface area contributed by atoms with Crippen LogP contribution in [0.4, 0.5) is 5.82 Å². The van der Waals surface area contributed by atoms with Gasteiger partial charge in [-0.2, -0.15) is 0 Å². The molecule has 2 N–H and O–H groups in total. The van der Waals surface area contributed by atoms with E-state index in [1.165, 1.54) is 0 Å². The van der Waals surface area contributed by atoms with Gasteiger partial charge < -0.3 is 10.6 Å². The van der Waals surface area contributed by atoms with Gasteiger partial charge in [-0.05, 0) is 30.4 Å². The molecule has 1 aromatic rings. The van der Waals surface area contributed by atoms with E-state index in [1.54, 1.807) is 6.07 Å². The molecule has 21 heavy (non-hydrogen) atoms. The van der Waals surface area contributed by atoms with E-state index in [0.29, 0.717) is 16.8 Å². The van der Waals surface area contributed by atoms with Gasteiger partial charge in [-0.3, -0.25) is 4.79 Å². The molecular weight excluding hydrogens is 262 g/mol. The summed E-state index contributed by atoms with van der Waals surface area (Å²) in [6.45, 7) is 12.4. The molecule has 4 nitrogen and oxygen atoms in total. The van der Waals surface area contributed by atoms with Gasteiger partial charge in [0, 0.05) is 29.8 Å². The molecule has 0 atom stereocenters. The zero-order valence-electron chi connectivity index (χ0n) is 13.9. The highest BCUT2D eigenvalue weighted by Gasteiger charge is 2.29. The highest BCUT2D eigenvalue weighted by Crippen LogP contribution is 2.31. The molecule has 4 heteroatoms. The lowest BCUT2D eigenvalue weighted by atomic mass is 9.82. The molecule has 1 aromatic heterocycles. The molecule has 0 spiro atoms. The maximum Gasteiger partial charge on any atom is 0.254 e. The van der Waals surface area contributed by atoms with E-state index in [2.05, 4.69) is 39.6 Å². The van der Waals surface area contributed by atoms with Crippen LogP contribution < -0.4 is 5.73 Å². The molecule has 1 amide bonds. The van der Waals surface area contributed by atoms with Gasteiger partial charge in [-0.25, -0.2) is 4.98 Å². The first-order valence-corrected chi connectivity index (χ1v) is 7.66. The molecule has 1 saturated heterocycles. The Morgan fingerprint density at radius 3 is 2.33 bits per heavy atom. The monoisotopic (exact) mass is 289 g/mol. The van der Waals surface area contributed by atoms with E-state index in [4.69, 9.17) is 5.73 Å². The molecule has 0 unspecified atom stereocenters. The smallest absolute Gasteiger partial charge is 0.254 e. The Morgan fingerprint density at radius 1 is 1.24 bits per heavy atom. The second-order valence-electron chi connectivity index (χ2n) is 7.87. The average molecular weight is 289 g/mol. The topological polar surface area (TPSA) is 59.2 Å². The van der Waals surface area contributed by atoms with Crippen molar-refractivity contribution in [1.82, 2.24) is 9.88 Å². The molecule has 1 aliphatic heterocycles. The fourth-order valence-electron chi connectivity index (χ4n) is 2.56. The van der Waals surface area contributed by atoms with E-state index in [-0.39, 0.29) is 11.3 Å². The van der Waals surface area contributed by atoms with Crippen molar-refractivity contribution in [2.75, 3.05) is 18.8 Å². The lowest BCUT2D eigenvalue weighted by Crippen LogP contribution is -2.41. The van der Waals surface area contributed by atoms with Crippen LogP contribution in [0.2, 0.25) is 0 Å². The van der Waals surface area contributed by atoms with Crippen molar-refractivity contribution in [3.05, 3.63) is 23.4 Å². The third-order valence-corrected chi connectivity index (χ3v) is 4.26. The fraction of sp³-hybridized carbons (Fsp3) is 0.647. The molecule has 0 aliphatic carbocycles. The molecule has 0 aromatic carbocycles. The number of piperidine rings is 1. The third-order valence-electron chi connectivity index (χ3n) is 4.26. The molecule has 1 aliphatic rings. The Hall–Kier alpha value is -1.58. The predicted octanol–water partition coefficient (Wildman–Crippen LogP) is 3.22. The molecule has 0 saturated carbocycles. The summed E-state index contributed by atoms with van der Waals surface area (Å²) in [6.07, 6.45) is 2.09. The van der Waals surface area contributed by atoms with Gasteiger partial charge in [-0.1, -0.05) is 34.6 Å². The number of nitrogens with two attached hydrogens (primary N) is 1. The van der Waals surface area contributed by atoms with Gasteiger partial charge >= 0.3 is 0 Å². The van der Waals surface area contributed by atoms with Crippen LogP contribution in [0.5, 0.6) is 0 Å². The number of carbonyl (C=O) groups is 1. The van der Waals surface area contributed by atoms with E-state index in [1.807, 2.05) is 11.0 Å². The summed E-state index contributed by atoms with van der Waals surface area (Å²) in [4.78, 5) is 19.0. The number of nitrogens with zero attached hydrogens (tertiary/aromatic N) is 2. The number of hydrogen-bond acceptors (Lipinski definition) is 3. The van der Waals surface area contributed by atoms with E-state index in [0.717, 1.165) is 31.6 Å². The van der Waals surface area contributed by atoms with Crippen molar-refractivity contribution in [3.63, 3.8) is 0 Å². The molecule has 0 bridgehead atoms. The van der Waals surface area contributed by atoms with Crippen molar-refractivity contribution in [2.45, 2.75) is 52.9 Å². The van der Waals surface area contributed by atoms with Crippen LogP contribution in [-0.4, -0.2) is 28.9 Å². The van der Waals surface area contributed by atoms with Crippen LogP contribution in [-0.2, 0) is 5.41 Å². The Morgan fingerprint density at radius 2 is 1.81 bits per heavy atom.